The first kappa shape index (κ1) is 28.5. The lowest BCUT2D eigenvalue weighted by Crippen LogP contribution is -2.36. The lowest BCUT2D eigenvalue weighted by molar-refractivity contribution is -0.112. The Hall–Kier alpha value is -5.00. The number of allylic oxidation sites excluding steroid dienone is 2. The van der Waals surface area contributed by atoms with Gasteiger partial charge in [-0.15, -0.1) is 0 Å². The van der Waals surface area contributed by atoms with Crippen LogP contribution < -0.4 is 10.3 Å². The number of para-hydroxylation sites is 1. The van der Waals surface area contributed by atoms with Gasteiger partial charge in [-0.2, -0.15) is 18.3 Å². The minimum absolute atomic E-state index is 0.0814. The van der Waals surface area contributed by atoms with Crippen molar-refractivity contribution in [2.24, 2.45) is 11.0 Å². The van der Waals surface area contributed by atoms with Crippen molar-refractivity contribution in [3.63, 3.8) is 0 Å². The van der Waals surface area contributed by atoms with Crippen molar-refractivity contribution in [1.82, 2.24) is 0 Å². The van der Waals surface area contributed by atoms with Gasteiger partial charge in [-0.05, 0) is 73.0 Å². The number of fused-ring (bicyclic) bond motifs is 1. The summed E-state index contributed by atoms with van der Waals surface area (Å²) in [5.41, 5.74) is 2.12. The van der Waals surface area contributed by atoms with Crippen molar-refractivity contribution in [3.8, 4) is 16.9 Å². The number of halogens is 5. The molecule has 0 saturated carbocycles. The monoisotopic (exact) mass is 583 g/mol. The molecule has 216 valence electrons. The Morgan fingerprint density at radius 3 is 2.36 bits per heavy atom. The highest BCUT2D eigenvalue weighted by Gasteiger charge is 2.51. The van der Waals surface area contributed by atoms with Gasteiger partial charge >= 0.3 is 12.1 Å². The molecule has 3 aromatic carbocycles. The van der Waals surface area contributed by atoms with Crippen LogP contribution in [0.5, 0.6) is 5.75 Å². The number of aryl methyl sites for hydroxylation is 2. The number of hydrogen-bond donors (Lipinski definition) is 3. The van der Waals surface area contributed by atoms with Crippen LogP contribution in [0, 0.1) is 25.6 Å². The highest BCUT2D eigenvalue weighted by molar-refractivity contribution is 6.48. The van der Waals surface area contributed by atoms with Crippen LogP contribution >= 0.6 is 0 Å². The van der Waals surface area contributed by atoms with Gasteiger partial charge in [0.15, 0.2) is 0 Å². The summed E-state index contributed by atoms with van der Waals surface area (Å²) in [5.74, 6) is -6.46. The standard InChI is InChI=1S/C30H22F5N3O4/c1-14-8-15(2)10-18(9-14)38-24-13-17(30(33,34)35)12-22(32)25(24)26(28(38)40)37-36-23-5-3-4-19(27(23)39)16-6-7-21(31)20(11-16)29(41)42/h3-13,24-25,36,39H,1-2H3,(H,41,42)/b37-26-. The smallest absolute Gasteiger partial charge is 0.416 e. The largest absolute Gasteiger partial charge is 0.505 e. The number of carbonyl (C=O) groups excluding carboxylic acids is 1. The number of aromatic carboxylic acids is 1. The molecule has 42 heavy (non-hydrogen) atoms. The number of nitrogens with zero attached hydrogens (tertiary/aromatic N) is 2. The summed E-state index contributed by atoms with van der Waals surface area (Å²) in [7, 11) is 0. The summed E-state index contributed by atoms with van der Waals surface area (Å²) in [6, 6.07) is 11.1. The average molecular weight is 584 g/mol. The highest BCUT2D eigenvalue weighted by atomic mass is 19.4. The molecule has 12 heteroatoms. The Morgan fingerprint density at radius 1 is 1.02 bits per heavy atom. The van der Waals surface area contributed by atoms with Gasteiger partial charge in [0.1, 0.15) is 23.1 Å². The maximum atomic E-state index is 15.3. The van der Waals surface area contributed by atoms with Crippen LogP contribution in [0.25, 0.3) is 11.1 Å². The number of amides is 1. The van der Waals surface area contributed by atoms with Crippen LogP contribution in [0.3, 0.4) is 0 Å². The Labute approximate surface area is 235 Å². The molecule has 2 aliphatic rings. The SMILES string of the molecule is Cc1cc(C)cc(N2C(=O)/C(=N\Nc3cccc(-c4ccc(F)c(C(=O)O)c4)c3O)C3C(F)=CC(C(F)(F)F)=CC32)c1. The molecule has 3 N–H and O–H groups in total. The summed E-state index contributed by atoms with van der Waals surface area (Å²) < 4.78 is 70.0. The molecule has 1 saturated heterocycles. The molecular formula is C30H22F5N3O4. The Kier molecular flexibility index (Phi) is 7.09. The van der Waals surface area contributed by atoms with Crippen molar-refractivity contribution in [2.75, 3.05) is 10.3 Å². The fourth-order valence-electron chi connectivity index (χ4n) is 5.15. The number of carboxylic acids is 1. The zero-order valence-electron chi connectivity index (χ0n) is 22.0. The molecule has 0 spiro atoms. The first-order valence-electron chi connectivity index (χ1n) is 12.5. The second kappa shape index (κ2) is 10.4. The second-order valence-electron chi connectivity index (χ2n) is 9.95. The number of benzene rings is 3. The van der Waals surface area contributed by atoms with E-state index in [0.717, 1.165) is 34.2 Å². The van der Waals surface area contributed by atoms with Gasteiger partial charge in [-0.25, -0.2) is 13.6 Å². The van der Waals surface area contributed by atoms with E-state index in [1.807, 2.05) is 6.07 Å². The number of phenolic OH excluding ortho intramolecular Hbond substituents is 1. The summed E-state index contributed by atoms with van der Waals surface area (Å²) in [6.07, 6.45) is -3.73. The molecule has 7 nitrogen and oxygen atoms in total. The first-order chi connectivity index (χ1) is 19.8. The summed E-state index contributed by atoms with van der Waals surface area (Å²) >= 11 is 0. The summed E-state index contributed by atoms with van der Waals surface area (Å²) in [4.78, 5) is 26.0. The third-order valence-corrected chi connectivity index (χ3v) is 6.97. The number of anilines is 2. The van der Waals surface area contributed by atoms with Crippen molar-refractivity contribution in [2.45, 2.75) is 26.1 Å². The Balaban J connectivity index is 1.56. The van der Waals surface area contributed by atoms with Crippen molar-refractivity contribution in [3.05, 3.63) is 101 Å². The summed E-state index contributed by atoms with van der Waals surface area (Å²) in [6.45, 7) is 3.50. The minimum atomic E-state index is -4.86. The van der Waals surface area contributed by atoms with Gasteiger partial charge < -0.3 is 10.2 Å². The number of alkyl halides is 3. The third kappa shape index (κ3) is 5.11. The Bertz CT molecular complexity index is 1710. The van der Waals surface area contributed by atoms with Gasteiger partial charge in [0.05, 0.1) is 28.8 Å². The van der Waals surface area contributed by atoms with Crippen LogP contribution in [0.15, 0.2) is 83.3 Å². The zero-order valence-corrected chi connectivity index (χ0v) is 22.0. The van der Waals surface area contributed by atoms with Crippen LogP contribution in [0.2, 0.25) is 0 Å². The summed E-state index contributed by atoms with van der Waals surface area (Å²) in [5, 5.41) is 24.2. The number of carboxylic acid groups (broad SMARTS) is 1. The number of hydrazone groups is 1. The molecule has 1 amide bonds. The minimum Gasteiger partial charge on any atom is -0.505 e. The van der Waals surface area contributed by atoms with Gasteiger partial charge in [0.2, 0.25) is 0 Å². The van der Waals surface area contributed by atoms with E-state index in [9.17, 15) is 37.4 Å². The molecule has 1 fully saturated rings. The van der Waals surface area contributed by atoms with Crippen molar-refractivity contribution >= 4 is 29.0 Å². The number of rotatable bonds is 5. The second-order valence-corrected chi connectivity index (χ2v) is 9.95. The molecule has 5 rings (SSSR count). The number of phenols is 1. The Morgan fingerprint density at radius 2 is 1.71 bits per heavy atom. The van der Waals surface area contributed by atoms with E-state index < -0.39 is 64.3 Å². The van der Waals surface area contributed by atoms with E-state index >= 15 is 4.39 Å². The molecule has 0 bridgehead atoms. The normalized spacial score (nSPS) is 19.5. The molecule has 0 aromatic heterocycles. The van der Waals surface area contributed by atoms with E-state index in [-0.39, 0.29) is 22.5 Å². The van der Waals surface area contributed by atoms with Gasteiger partial charge in [-0.1, -0.05) is 24.3 Å². The fourth-order valence-corrected chi connectivity index (χ4v) is 5.15. The number of nitrogens with one attached hydrogen (secondary N) is 1. The average Bonchev–Trinajstić information content (AvgIpc) is 3.18. The highest BCUT2D eigenvalue weighted by Crippen LogP contribution is 2.43. The van der Waals surface area contributed by atoms with Crippen LogP contribution in [-0.2, 0) is 4.79 Å². The lowest BCUT2D eigenvalue weighted by Gasteiger charge is -2.28. The maximum Gasteiger partial charge on any atom is 0.416 e. The predicted molar refractivity (Wildman–Crippen MR) is 146 cm³/mol. The molecule has 2 unspecified atom stereocenters. The fraction of sp³-hybridized carbons (Fsp3) is 0.167. The van der Waals surface area contributed by atoms with E-state index in [2.05, 4.69) is 10.5 Å². The van der Waals surface area contributed by atoms with E-state index in [1.165, 1.54) is 24.3 Å². The van der Waals surface area contributed by atoms with E-state index in [1.54, 1.807) is 26.0 Å². The molecule has 0 radical (unpaired) electrons. The van der Waals surface area contributed by atoms with E-state index in [0.29, 0.717) is 6.08 Å². The van der Waals surface area contributed by atoms with Crippen LogP contribution in [-0.4, -0.2) is 40.0 Å². The molecule has 2 atom stereocenters. The van der Waals surface area contributed by atoms with E-state index in [4.69, 9.17) is 0 Å². The molecule has 1 aliphatic carbocycles. The third-order valence-electron chi connectivity index (χ3n) is 6.97. The molecule has 1 heterocycles. The number of carbonyl (C=O) groups is 2. The molecular weight excluding hydrogens is 561 g/mol. The zero-order chi connectivity index (χ0) is 30.5. The van der Waals surface area contributed by atoms with Crippen molar-refractivity contribution in [1.29, 1.82) is 0 Å². The predicted octanol–water partition coefficient (Wildman–Crippen LogP) is 6.67. The van der Waals surface area contributed by atoms with Gasteiger partial charge in [0, 0.05) is 11.3 Å². The lowest BCUT2D eigenvalue weighted by atomic mass is 9.89. The van der Waals surface area contributed by atoms with Gasteiger partial charge in [-0.3, -0.25) is 15.1 Å². The quantitative estimate of drug-likeness (QED) is 0.177. The molecule has 3 aromatic rings. The molecule has 1 aliphatic heterocycles. The first-order valence-corrected chi connectivity index (χ1v) is 12.5. The van der Waals surface area contributed by atoms with Gasteiger partial charge in [0.25, 0.3) is 5.91 Å². The maximum absolute atomic E-state index is 15.3. The van der Waals surface area contributed by atoms with Crippen molar-refractivity contribution < 1.29 is 41.8 Å². The van der Waals surface area contributed by atoms with Crippen LogP contribution in [0.1, 0.15) is 21.5 Å². The number of hydrogen-bond acceptors (Lipinski definition) is 5. The topological polar surface area (TPSA) is 102 Å². The van der Waals surface area contributed by atoms with Crippen LogP contribution in [0.4, 0.5) is 33.3 Å². The number of aromatic hydroxyl groups is 1.